The van der Waals surface area contributed by atoms with Crippen LogP contribution in [-0.2, 0) is 13.0 Å². The van der Waals surface area contributed by atoms with Gasteiger partial charge in [-0.1, -0.05) is 18.2 Å². The molecule has 3 rings (SSSR count). The number of hydrogen-bond donors (Lipinski definition) is 3. The zero-order chi connectivity index (χ0) is 15.9. The van der Waals surface area contributed by atoms with Gasteiger partial charge in [0.1, 0.15) is 0 Å². The van der Waals surface area contributed by atoms with Crippen molar-refractivity contribution in [1.82, 2.24) is 25.2 Å². The van der Waals surface area contributed by atoms with Gasteiger partial charge in [-0.15, -0.1) is 24.0 Å². The minimum atomic E-state index is 0. The lowest BCUT2D eigenvalue weighted by Gasteiger charge is -2.11. The first-order valence-corrected chi connectivity index (χ1v) is 7.82. The third-order valence-electron chi connectivity index (χ3n) is 3.81. The minimum absolute atomic E-state index is 0. The van der Waals surface area contributed by atoms with Gasteiger partial charge >= 0.3 is 0 Å². The predicted octanol–water partition coefficient (Wildman–Crippen LogP) is 2.39. The fraction of sp³-hybridized carbons (Fsp3) is 0.294. The number of para-hydroxylation sites is 1. The number of fused-ring (bicyclic) bond motifs is 1. The summed E-state index contributed by atoms with van der Waals surface area (Å²) >= 11 is 0. The van der Waals surface area contributed by atoms with E-state index in [2.05, 4.69) is 50.0 Å². The first-order chi connectivity index (χ1) is 11.4. The van der Waals surface area contributed by atoms with E-state index in [4.69, 9.17) is 0 Å². The van der Waals surface area contributed by atoms with E-state index in [1.165, 1.54) is 16.5 Å². The van der Waals surface area contributed by atoms with E-state index >= 15 is 0 Å². The monoisotopic (exact) mass is 438 g/mol. The molecule has 0 bridgehead atoms. The van der Waals surface area contributed by atoms with Gasteiger partial charge < -0.3 is 20.2 Å². The van der Waals surface area contributed by atoms with Crippen LogP contribution in [0, 0.1) is 0 Å². The lowest BCUT2D eigenvalue weighted by Crippen LogP contribution is -2.39. The second-order valence-corrected chi connectivity index (χ2v) is 5.34. The average molecular weight is 438 g/mol. The first kappa shape index (κ1) is 18.3. The van der Waals surface area contributed by atoms with E-state index in [0.717, 1.165) is 32.0 Å². The van der Waals surface area contributed by atoms with Gasteiger partial charge in [-0.25, -0.2) is 4.98 Å². The zero-order valence-corrected chi connectivity index (χ0v) is 16.0. The highest BCUT2D eigenvalue weighted by molar-refractivity contribution is 14.0. The summed E-state index contributed by atoms with van der Waals surface area (Å²) in [5.41, 5.74) is 2.51. The van der Waals surface area contributed by atoms with Crippen LogP contribution < -0.4 is 10.6 Å². The van der Waals surface area contributed by atoms with E-state index in [0.29, 0.717) is 0 Å². The molecular weight excluding hydrogens is 415 g/mol. The summed E-state index contributed by atoms with van der Waals surface area (Å²) in [6.07, 6.45) is 8.59. The number of guanidine groups is 1. The highest BCUT2D eigenvalue weighted by Crippen LogP contribution is 2.17. The van der Waals surface area contributed by atoms with Gasteiger partial charge in [0, 0.05) is 56.2 Å². The topological polar surface area (TPSA) is 70.0 Å². The molecule has 3 aromatic rings. The molecule has 1 aromatic carbocycles. The lowest BCUT2D eigenvalue weighted by molar-refractivity contribution is 0.661. The van der Waals surface area contributed by atoms with Gasteiger partial charge in [0.05, 0.1) is 6.33 Å². The largest absolute Gasteiger partial charge is 0.361 e. The SMILES string of the molecule is CN=C(NCCc1c[nH]c2ccccc12)NCCn1ccnc1.I. The normalized spacial score (nSPS) is 11.3. The molecule has 0 unspecified atom stereocenters. The Balaban J connectivity index is 0.00000208. The number of nitrogens with one attached hydrogen (secondary N) is 3. The molecule has 0 fully saturated rings. The fourth-order valence-electron chi connectivity index (χ4n) is 2.60. The van der Waals surface area contributed by atoms with Crippen LogP contribution >= 0.6 is 24.0 Å². The number of aromatic amines is 1. The molecule has 0 aliphatic carbocycles. The molecular formula is C17H23IN6. The van der Waals surface area contributed by atoms with Crippen molar-refractivity contribution >= 4 is 40.8 Å². The van der Waals surface area contributed by atoms with Crippen molar-refractivity contribution in [3.05, 3.63) is 54.7 Å². The van der Waals surface area contributed by atoms with Crippen molar-refractivity contribution in [1.29, 1.82) is 0 Å². The molecule has 0 saturated carbocycles. The molecule has 6 nitrogen and oxygen atoms in total. The molecule has 0 radical (unpaired) electrons. The molecule has 7 heteroatoms. The Hall–Kier alpha value is -2.03. The lowest BCUT2D eigenvalue weighted by atomic mass is 10.1. The van der Waals surface area contributed by atoms with Gasteiger partial charge in [-0.05, 0) is 18.1 Å². The number of nitrogens with zero attached hydrogens (tertiary/aromatic N) is 3. The third kappa shape index (κ3) is 4.73. The molecule has 0 amide bonds. The molecule has 0 aliphatic heterocycles. The Morgan fingerprint density at radius 3 is 2.88 bits per heavy atom. The number of halogens is 1. The highest BCUT2D eigenvalue weighted by Gasteiger charge is 2.03. The molecule has 24 heavy (non-hydrogen) atoms. The van der Waals surface area contributed by atoms with Crippen molar-refractivity contribution in [3.8, 4) is 0 Å². The van der Waals surface area contributed by atoms with Crippen LogP contribution in [0.1, 0.15) is 5.56 Å². The smallest absolute Gasteiger partial charge is 0.191 e. The average Bonchev–Trinajstić information content (AvgIpc) is 3.23. The Kier molecular flexibility index (Phi) is 7.10. The predicted molar refractivity (Wildman–Crippen MR) is 109 cm³/mol. The second kappa shape index (κ2) is 9.31. The maximum absolute atomic E-state index is 4.25. The number of aromatic nitrogens is 3. The van der Waals surface area contributed by atoms with E-state index in [-0.39, 0.29) is 24.0 Å². The Bertz CT molecular complexity index is 762. The quantitative estimate of drug-likeness (QED) is 0.315. The maximum atomic E-state index is 4.25. The summed E-state index contributed by atoms with van der Waals surface area (Å²) in [5, 5.41) is 7.95. The molecule has 3 N–H and O–H groups in total. The van der Waals surface area contributed by atoms with E-state index in [9.17, 15) is 0 Å². The van der Waals surface area contributed by atoms with Crippen molar-refractivity contribution in [2.75, 3.05) is 20.1 Å². The number of rotatable bonds is 6. The third-order valence-corrected chi connectivity index (χ3v) is 3.81. The van der Waals surface area contributed by atoms with E-state index in [1.54, 1.807) is 13.2 Å². The highest BCUT2D eigenvalue weighted by atomic mass is 127. The molecule has 2 aromatic heterocycles. The number of benzene rings is 1. The summed E-state index contributed by atoms with van der Waals surface area (Å²) in [7, 11) is 1.79. The summed E-state index contributed by atoms with van der Waals surface area (Å²) in [6, 6.07) is 8.37. The van der Waals surface area contributed by atoms with Gasteiger partial charge in [0.2, 0.25) is 0 Å². The van der Waals surface area contributed by atoms with Crippen LogP contribution in [0.5, 0.6) is 0 Å². The van der Waals surface area contributed by atoms with Crippen LogP contribution in [0.15, 0.2) is 54.2 Å². The summed E-state index contributed by atoms with van der Waals surface area (Å²) < 4.78 is 2.03. The second-order valence-electron chi connectivity index (χ2n) is 5.34. The summed E-state index contributed by atoms with van der Waals surface area (Å²) in [4.78, 5) is 11.6. The molecule has 0 atom stereocenters. The zero-order valence-electron chi connectivity index (χ0n) is 13.7. The summed E-state index contributed by atoms with van der Waals surface area (Å²) in [6.45, 7) is 2.51. The minimum Gasteiger partial charge on any atom is -0.361 e. The van der Waals surface area contributed by atoms with E-state index in [1.807, 2.05) is 23.2 Å². The van der Waals surface area contributed by atoms with E-state index < -0.39 is 0 Å². The molecule has 2 heterocycles. The van der Waals surface area contributed by atoms with Gasteiger partial charge in [-0.2, -0.15) is 0 Å². The van der Waals surface area contributed by atoms with Gasteiger partial charge in [-0.3, -0.25) is 4.99 Å². The number of H-pyrrole nitrogens is 1. The van der Waals surface area contributed by atoms with Gasteiger partial charge in [0.25, 0.3) is 0 Å². The standard InChI is InChI=1S/C17H22N6.HI/c1-18-17(21-9-11-23-10-8-19-13-23)20-7-6-14-12-22-16-5-3-2-4-15(14)16;/h2-5,8,10,12-13,22H,6-7,9,11H2,1H3,(H2,18,20,21);1H. The summed E-state index contributed by atoms with van der Waals surface area (Å²) in [5.74, 6) is 0.824. The molecule has 0 spiro atoms. The van der Waals surface area contributed by atoms with Crippen LogP contribution in [0.25, 0.3) is 10.9 Å². The van der Waals surface area contributed by atoms with Crippen LogP contribution in [-0.4, -0.2) is 40.6 Å². The fourth-order valence-corrected chi connectivity index (χ4v) is 2.60. The van der Waals surface area contributed by atoms with Crippen molar-refractivity contribution < 1.29 is 0 Å². The van der Waals surface area contributed by atoms with Crippen LogP contribution in [0.4, 0.5) is 0 Å². The Labute approximate surface area is 158 Å². The number of hydrogen-bond acceptors (Lipinski definition) is 2. The maximum Gasteiger partial charge on any atom is 0.191 e. The van der Waals surface area contributed by atoms with Crippen LogP contribution in [0.2, 0.25) is 0 Å². The Morgan fingerprint density at radius 1 is 1.25 bits per heavy atom. The van der Waals surface area contributed by atoms with Crippen molar-refractivity contribution in [3.63, 3.8) is 0 Å². The molecule has 128 valence electrons. The molecule has 0 aliphatic rings. The first-order valence-electron chi connectivity index (χ1n) is 7.82. The van der Waals surface area contributed by atoms with Gasteiger partial charge in [0.15, 0.2) is 5.96 Å². The number of imidazole rings is 1. The van der Waals surface area contributed by atoms with Crippen LogP contribution in [0.3, 0.4) is 0 Å². The van der Waals surface area contributed by atoms with Crippen molar-refractivity contribution in [2.45, 2.75) is 13.0 Å². The van der Waals surface area contributed by atoms with Crippen molar-refractivity contribution in [2.24, 2.45) is 4.99 Å². The number of aliphatic imine (C=N–C) groups is 1. The Morgan fingerprint density at radius 2 is 2.08 bits per heavy atom. The molecule has 0 saturated heterocycles.